The number of amides is 1. The second kappa shape index (κ2) is 10.1. The molecular weight excluding hydrogens is 554 g/mol. The molecule has 1 amide bonds. The zero-order chi connectivity index (χ0) is 30.9. The summed E-state index contributed by atoms with van der Waals surface area (Å²) < 4.78 is 19.7. The third-order valence-corrected chi connectivity index (χ3v) is 15.8. The van der Waals surface area contributed by atoms with E-state index in [4.69, 9.17) is 14.2 Å². The maximum atomic E-state index is 13.0. The predicted molar refractivity (Wildman–Crippen MR) is 168 cm³/mol. The van der Waals surface area contributed by atoms with Gasteiger partial charge in [0.25, 0.3) is 0 Å². The minimum atomic E-state index is -1.14. The summed E-state index contributed by atoms with van der Waals surface area (Å²) in [6.07, 6.45) is 14.4. The zero-order valence-corrected chi connectivity index (χ0v) is 28.1. The molecule has 44 heavy (non-hydrogen) atoms. The standard InChI is InChI=1S/C37H59NO6.H2/c1-33(2)28-12-10-23-25-19-27-24(9-11-26(43-27)31(39)34(3,4)41)35(25,5)15-16-36(23)21-37(28,36)14-13-29(33)44-30-20-38(17-18-42-30)32(40)22-7-6-8-22;/h22-31,39,41H,6-21H2,1-5H3;1H/t23?,24?,25?,26?,27?,28?,29-,30?,31-,35?,36-,37+;/m0./s1. The molecule has 0 bridgehead atoms. The van der Waals surface area contributed by atoms with Crippen LogP contribution in [0, 0.1) is 51.2 Å². The number of fused-ring (bicyclic) bond motifs is 4. The summed E-state index contributed by atoms with van der Waals surface area (Å²) in [5.41, 5.74) is 0.216. The molecule has 2 saturated heterocycles. The van der Waals surface area contributed by atoms with Gasteiger partial charge in [-0.05, 0) is 136 Å². The Labute approximate surface area is 266 Å². The minimum absolute atomic E-state index is 0. The van der Waals surface area contributed by atoms with E-state index in [2.05, 4.69) is 20.8 Å². The zero-order valence-electron chi connectivity index (χ0n) is 28.1. The first-order valence-electron chi connectivity index (χ1n) is 18.4. The molecule has 8 fully saturated rings. The molecule has 0 radical (unpaired) electrons. The summed E-state index contributed by atoms with van der Waals surface area (Å²) in [7, 11) is 0. The molecule has 8 rings (SSSR count). The fraction of sp³-hybridized carbons (Fsp3) is 0.973. The lowest BCUT2D eigenvalue weighted by molar-refractivity contribution is -0.245. The van der Waals surface area contributed by atoms with Crippen molar-refractivity contribution >= 4 is 5.91 Å². The summed E-state index contributed by atoms with van der Waals surface area (Å²) in [4.78, 5) is 15.0. The lowest BCUT2D eigenvalue weighted by atomic mass is 9.46. The largest absolute Gasteiger partial charge is 0.388 e. The Morgan fingerprint density at radius 2 is 1.75 bits per heavy atom. The molecule has 12 atom stereocenters. The van der Waals surface area contributed by atoms with Crippen LogP contribution in [0.4, 0.5) is 0 Å². The number of aliphatic hydroxyl groups is 2. The van der Waals surface area contributed by atoms with E-state index in [0.29, 0.717) is 59.6 Å². The van der Waals surface area contributed by atoms with E-state index in [1.165, 1.54) is 44.9 Å². The van der Waals surface area contributed by atoms with Crippen molar-refractivity contribution < 1.29 is 30.6 Å². The number of morpholine rings is 1. The van der Waals surface area contributed by atoms with Crippen molar-refractivity contribution in [2.24, 2.45) is 51.2 Å². The molecule has 2 heterocycles. The van der Waals surface area contributed by atoms with Crippen LogP contribution in [-0.4, -0.2) is 77.0 Å². The average molecular weight is 616 g/mol. The number of carbonyl (C=O) groups is 1. The quantitative estimate of drug-likeness (QED) is 0.398. The van der Waals surface area contributed by atoms with Crippen molar-refractivity contribution in [2.45, 2.75) is 154 Å². The lowest BCUT2D eigenvalue weighted by Gasteiger charge is -2.60. The lowest BCUT2D eigenvalue weighted by Crippen LogP contribution is -2.56. The van der Waals surface area contributed by atoms with Crippen LogP contribution in [-0.2, 0) is 19.0 Å². The second-order valence-corrected chi connectivity index (χ2v) is 18.3. The summed E-state index contributed by atoms with van der Waals surface area (Å²) >= 11 is 0. The number of ether oxygens (including phenoxy) is 3. The molecule has 250 valence electrons. The predicted octanol–water partition coefficient (Wildman–Crippen LogP) is 5.94. The molecule has 8 aliphatic rings. The molecule has 6 aliphatic carbocycles. The van der Waals surface area contributed by atoms with Gasteiger partial charge in [0.1, 0.15) is 6.10 Å². The highest BCUT2D eigenvalue weighted by Gasteiger charge is 2.80. The fourth-order valence-corrected chi connectivity index (χ4v) is 13.2. The van der Waals surface area contributed by atoms with Crippen LogP contribution in [0.2, 0.25) is 0 Å². The van der Waals surface area contributed by atoms with Gasteiger partial charge in [-0.15, -0.1) is 0 Å². The van der Waals surface area contributed by atoms with E-state index >= 15 is 0 Å². The fourth-order valence-electron chi connectivity index (χ4n) is 13.2. The SMILES string of the molecule is CC12CC[C@@]34C[C@@]35CC[C@H](OC3CN(C(=O)C6CCC6)CCO3)C(C)(C)C5CCC4C1CC1OC([C@H](O)C(C)(C)O)CCC12.[HH]. The maximum absolute atomic E-state index is 13.0. The number of rotatable bonds is 5. The van der Waals surface area contributed by atoms with Crippen LogP contribution in [0.15, 0.2) is 0 Å². The van der Waals surface area contributed by atoms with Crippen LogP contribution in [0.25, 0.3) is 0 Å². The first-order chi connectivity index (χ1) is 20.8. The molecule has 2 spiro atoms. The van der Waals surface area contributed by atoms with E-state index in [1.807, 2.05) is 4.90 Å². The third-order valence-electron chi connectivity index (χ3n) is 15.8. The Hall–Kier alpha value is -0.730. The Balaban J connectivity index is 0.00000325. The number of aliphatic hydroxyl groups excluding tert-OH is 1. The van der Waals surface area contributed by atoms with Crippen molar-refractivity contribution in [2.75, 3.05) is 19.7 Å². The number of nitrogens with zero attached hydrogens (tertiary/aromatic N) is 1. The average Bonchev–Trinajstić information content (AvgIpc) is 3.52. The molecule has 7 heteroatoms. The summed E-state index contributed by atoms with van der Waals surface area (Å²) in [6, 6.07) is 0. The summed E-state index contributed by atoms with van der Waals surface area (Å²) in [5.74, 6) is 3.29. The van der Waals surface area contributed by atoms with Gasteiger partial charge in [0.05, 0.1) is 37.1 Å². The van der Waals surface area contributed by atoms with Crippen LogP contribution in [0.5, 0.6) is 0 Å². The van der Waals surface area contributed by atoms with Crippen LogP contribution in [0.1, 0.15) is 120 Å². The van der Waals surface area contributed by atoms with E-state index in [-0.39, 0.29) is 37.4 Å². The van der Waals surface area contributed by atoms with Gasteiger partial charge < -0.3 is 29.3 Å². The van der Waals surface area contributed by atoms with Gasteiger partial charge in [-0.1, -0.05) is 27.2 Å². The first kappa shape index (κ1) is 30.6. The summed E-state index contributed by atoms with van der Waals surface area (Å²) in [5, 5.41) is 21.3. The van der Waals surface area contributed by atoms with Crippen LogP contribution < -0.4 is 0 Å². The van der Waals surface area contributed by atoms with Gasteiger partial charge >= 0.3 is 0 Å². The van der Waals surface area contributed by atoms with Crippen molar-refractivity contribution in [1.82, 2.24) is 4.90 Å². The van der Waals surface area contributed by atoms with Crippen molar-refractivity contribution in [3.8, 4) is 0 Å². The van der Waals surface area contributed by atoms with E-state index in [0.717, 1.165) is 44.4 Å². The molecule has 0 aromatic heterocycles. The highest BCUT2D eigenvalue weighted by Crippen LogP contribution is 2.87. The highest BCUT2D eigenvalue weighted by atomic mass is 16.7. The molecule has 0 aromatic carbocycles. The normalized spacial score (nSPS) is 50.3. The number of carbonyl (C=O) groups excluding carboxylic acids is 1. The molecule has 2 N–H and O–H groups in total. The molecule has 0 aromatic rings. The van der Waals surface area contributed by atoms with Gasteiger partial charge in [0.2, 0.25) is 5.91 Å². The van der Waals surface area contributed by atoms with Crippen LogP contribution >= 0.6 is 0 Å². The Morgan fingerprint density at radius 3 is 2.48 bits per heavy atom. The molecule has 7 nitrogen and oxygen atoms in total. The molecule has 8 unspecified atom stereocenters. The topological polar surface area (TPSA) is 88.5 Å². The van der Waals surface area contributed by atoms with E-state index < -0.39 is 11.7 Å². The molecule has 2 aliphatic heterocycles. The van der Waals surface area contributed by atoms with Gasteiger partial charge in [-0.2, -0.15) is 0 Å². The van der Waals surface area contributed by atoms with Gasteiger partial charge in [-0.25, -0.2) is 0 Å². The second-order valence-electron chi connectivity index (χ2n) is 18.3. The Kier molecular flexibility index (Phi) is 7.05. The van der Waals surface area contributed by atoms with E-state index in [1.54, 1.807) is 13.8 Å². The Bertz CT molecular complexity index is 1150. The molecular formula is C37H61NO6. The number of hydrogen-bond donors (Lipinski definition) is 2. The maximum Gasteiger partial charge on any atom is 0.225 e. The smallest absolute Gasteiger partial charge is 0.225 e. The van der Waals surface area contributed by atoms with Gasteiger partial charge in [0, 0.05) is 13.9 Å². The number of hydrogen-bond acceptors (Lipinski definition) is 6. The van der Waals surface area contributed by atoms with E-state index in [9.17, 15) is 15.0 Å². The summed E-state index contributed by atoms with van der Waals surface area (Å²) in [6.45, 7) is 12.8. The molecule has 6 saturated carbocycles. The monoisotopic (exact) mass is 615 g/mol. The van der Waals surface area contributed by atoms with Crippen molar-refractivity contribution in [1.29, 1.82) is 0 Å². The first-order valence-corrected chi connectivity index (χ1v) is 18.4. The Morgan fingerprint density at radius 1 is 0.977 bits per heavy atom. The van der Waals surface area contributed by atoms with Crippen molar-refractivity contribution in [3.05, 3.63) is 0 Å². The third kappa shape index (κ3) is 4.26. The van der Waals surface area contributed by atoms with Crippen LogP contribution in [0.3, 0.4) is 0 Å². The minimum Gasteiger partial charge on any atom is -0.388 e. The van der Waals surface area contributed by atoms with Gasteiger partial charge in [0.15, 0.2) is 6.29 Å². The van der Waals surface area contributed by atoms with Gasteiger partial charge in [-0.3, -0.25) is 4.79 Å². The van der Waals surface area contributed by atoms with Crippen molar-refractivity contribution in [3.63, 3.8) is 0 Å². The highest BCUT2D eigenvalue weighted by molar-refractivity contribution is 5.79.